The maximum Gasteiger partial charge on any atom is 0.359 e. The lowest BCUT2D eigenvalue weighted by Gasteiger charge is -2.35. The Labute approximate surface area is 174 Å². The number of amides is 1. The first kappa shape index (κ1) is 22.7. The molecule has 0 saturated heterocycles. The maximum absolute atomic E-state index is 12.9. The second kappa shape index (κ2) is 10.3. The Morgan fingerprint density at radius 3 is 1.63 bits per heavy atom. The smallest absolute Gasteiger partial charge is 0.359 e. The number of rotatable bonds is 10. The van der Waals surface area contributed by atoms with Gasteiger partial charge in [0.15, 0.2) is 0 Å². The van der Waals surface area contributed by atoms with Crippen molar-refractivity contribution in [1.29, 1.82) is 0 Å². The van der Waals surface area contributed by atoms with E-state index in [1.807, 2.05) is 0 Å². The van der Waals surface area contributed by atoms with E-state index < -0.39 is 17.6 Å². The van der Waals surface area contributed by atoms with E-state index >= 15 is 0 Å². The molecular formula is C21H25N4O5. The zero-order valence-electron chi connectivity index (χ0n) is 16.9. The van der Waals surface area contributed by atoms with Gasteiger partial charge in [0.25, 0.3) is 5.66 Å². The molecule has 0 heterocycles. The van der Waals surface area contributed by atoms with Gasteiger partial charge in [0, 0.05) is 17.9 Å². The van der Waals surface area contributed by atoms with Gasteiger partial charge in [0.05, 0.1) is 0 Å². The van der Waals surface area contributed by atoms with E-state index in [9.17, 15) is 14.4 Å². The first-order chi connectivity index (χ1) is 14.4. The van der Waals surface area contributed by atoms with Crippen molar-refractivity contribution in [2.24, 2.45) is 0 Å². The van der Waals surface area contributed by atoms with E-state index in [4.69, 9.17) is 20.9 Å². The van der Waals surface area contributed by atoms with Crippen LogP contribution in [0.15, 0.2) is 48.5 Å². The molecule has 159 valence electrons. The van der Waals surface area contributed by atoms with Crippen LogP contribution in [0.3, 0.4) is 0 Å². The highest BCUT2D eigenvalue weighted by atomic mass is 16.6. The molecule has 5 N–H and O–H groups in total. The van der Waals surface area contributed by atoms with Crippen LogP contribution in [-0.2, 0) is 37.1 Å². The van der Waals surface area contributed by atoms with Gasteiger partial charge in [0.2, 0.25) is 0 Å². The molecule has 9 nitrogen and oxygen atoms in total. The molecule has 0 unspecified atom stereocenters. The summed E-state index contributed by atoms with van der Waals surface area (Å²) >= 11 is 0. The minimum Gasteiger partial charge on any atom is -0.458 e. The summed E-state index contributed by atoms with van der Waals surface area (Å²) in [6, 6.07) is 13.4. The van der Waals surface area contributed by atoms with E-state index in [0.717, 1.165) is 4.90 Å². The van der Waals surface area contributed by atoms with E-state index in [1.54, 1.807) is 61.9 Å². The number of anilines is 2. The number of ether oxygens (including phenoxy) is 2. The lowest BCUT2D eigenvalue weighted by molar-refractivity contribution is -0.176. The van der Waals surface area contributed by atoms with Gasteiger partial charge in [-0.25, -0.2) is 9.59 Å². The van der Waals surface area contributed by atoms with Crippen molar-refractivity contribution >= 4 is 29.7 Å². The second-order valence-electron chi connectivity index (χ2n) is 6.43. The fourth-order valence-corrected chi connectivity index (χ4v) is 2.75. The van der Waals surface area contributed by atoms with Gasteiger partial charge in [-0.3, -0.25) is 15.0 Å². The van der Waals surface area contributed by atoms with Crippen molar-refractivity contribution in [2.45, 2.75) is 25.8 Å². The molecule has 9 heteroatoms. The van der Waals surface area contributed by atoms with Crippen LogP contribution in [0, 0.1) is 0 Å². The van der Waals surface area contributed by atoms with Gasteiger partial charge in [-0.1, -0.05) is 24.3 Å². The fraction of sp³-hybridized carbons (Fsp3) is 0.286. The maximum atomic E-state index is 12.9. The number of nitrogens with two attached hydrogens (primary N) is 2. The number of hydrogen-bond acceptors (Lipinski definition) is 8. The van der Waals surface area contributed by atoms with Crippen molar-refractivity contribution < 1.29 is 23.9 Å². The molecule has 0 aliphatic carbocycles. The topological polar surface area (TPSA) is 137 Å². The zero-order chi connectivity index (χ0) is 22.1. The van der Waals surface area contributed by atoms with E-state index in [0.29, 0.717) is 22.5 Å². The molecule has 2 aromatic rings. The monoisotopic (exact) mass is 413 g/mol. The average Bonchev–Trinajstić information content (AvgIpc) is 2.76. The van der Waals surface area contributed by atoms with Crippen LogP contribution in [0.1, 0.15) is 18.1 Å². The summed E-state index contributed by atoms with van der Waals surface area (Å²) < 4.78 is 10.6. The Morgan fingerprint density at radius 1 is 0.933 bits per heavy atom. The van der Waals surface area contributed by atoms with Gasteiger partial charge in [-0.15, -0.1) is 0 Å². The molecule has 0 fully saturated rings. The molecule has 0 atom stereocenters. The first-order valence-electron chi connectivity index (χ1n) is 9.25. The first-order valence-corrected chi connectivity index (χ1v) is 9.25. The number of esters is 2. The Balaban J connectivity index is 2.20. The Kier molecular flexibility index (Phi) is 7.76. The largest absolute Gasteiger partial charge is 0.458 e. The van der Waals surface area contributed by atoms with Crippen LogP contribution in [0.25, 0.3) is 0 Å². The fourth-order valence-electron chi connectivity index (χ4n) is 2.75. The molecule has 30 heavy (non-hydrogen) atoms. The summed E-state index contributed by atoms with van der Waals surface area (Å²) in [4.78, 5) is 38.2. The molecule has 0 aromatic heterocycles. The number of nitrogen functional groups attached to an aromatic ring is 2. The SMILES string of the molecule is CCN([C]=O)C(NC)(C(=O)OCc1ccc(N)cc1)C(=O)OCc1ccc(N)cc1. The number of hydrogen-bond donors (Lipinski definition) is 3. The van der Waals surface area contributed by atoms with Crippen LogP contribution in [0.5, 0.6) is 0 Å². The standard InChI is InChI=1S/C21H25N4O5/c1-3-25(14-26)21(24-2,19(27)29-12-15-4-8-17(22)9-5-15)20(28)30-13-16-6-10-18(23)11-7-16/h4-11,24H,3,12-13,22-23H2,1-2H3. The van der Waals surface area contributed by atoms with Gasteiger partial charge in [-0.05, 0) is 49.4 Å². The van der Waals surface area contributed by atoms with Crippen LogP contribution in [-0.4, -0.2) is 42.5 Å². The predicted octanol–water partition coefficient (Wildman–Crippen LogP) is 0.942. The molecular weight excluding hydrogens is 388 g/mol. The summed E-state index contributed by atoms with van der Waals surface area (Å²) in [7, 11) is 1.36. The van der Waals surface area contributed by atoms with E-state index in [2.05, 4.69) is 5.32 Å². The molecule has 0 saturated carbocycles. The third kappa shape index (κ3) is 5.06. The molecule has 0 aliphatic heterocycles. The number of benzene rings is 2. The van der Waals surface area contributed by atoms with Crippen molar-refractivity contribution in [3.63, 3.8) is 0 Å². The van der Waals surface area contributed by atoms with Crippen molar-refractivity contribution in [3.8, 4) is 0 Å². The number of likely N-dealkylation sites (N-methyl/N-ethyl adjacent to an activating group) is 2. The molecule has 1 radical (unpaired) electrons. The number of carbonyl (C=O) groups is 2. The second-order valence-corrected chi connectivity index (χ2v) is 6.43. The summed E-state index contributed by atoms with van der Waals surface area (Å²) in [5.41, 5.74) is 11.6. The van der Waals surface area contributed by atoms with Gasteiger partial charge in [-0.2, -0.15) is 0 Å². The lowest BCUT2D eigenvalue weighted by atomic mass is 10.1. The van der Waals surface area contributed by atoms with E-state index in [1.165, 1.54) is 7.05 Å². The minimum absolute atomic E-state index is 0.0122. The summed E-state index contributed by atoms with van der Waals surface area (Å²) in [6.07, 6.45) is 1.60. The average molecular weight is 413 g/mol. The Morgan fingerprint density at radius 2 is 1.33 bits per heavy atom. The van der Waals surface area contributed by atoms with Crippen LogP contribution in [0.2, 0.25) is 0 Å². The van der Waals surface area contributed by atoms with Crippen LogP contribution < -0.4 is 16.8 Å². The van der Waals surface area contributed by atoms with E-state index in [-0.39, 0.29) is 19.8 Å². The molecule has 0 spiro atoms. The highest BCUT2D eigenvalue weighted by molar-refractivity contribution is 6.05. The number of nitrogens with one attached hydrogen (secondary N) is 1. The van der Waals surface area contributed by atoms with Crippen molar-refractivity contribution in [2.75, 3.05) is 25.1 Å². The lowest BCUT2D eigenvalue weighted by Crippen LogP contribution is -2.68. The van der Waals surface area contributed by atoms with Gasteiger partial charge < -0.3 is 20.9 Å². The molecule has 2 rings (SSSR count). The summed E-state index contributed by atoms with van der Waals surface area (Å²) in [5, 5.41) is 2.58. The van der Waals surface area contributed by atoms with Gasteiger partial charge in [0.1, 0.15) is 13.2 Å². The number of carbonyl (C=O) groups excluding carboxylic acids is 3. The molecule has 2 aromatic carbocycles. The predicted molar refractivity (Wildman–Crippen MR) is 111 cm³/mol. The third-order valence-electron chi connectivity index (χ3n) is 4.48. The van der Waals surface area contributed by atoms with Gasteiger partial charge >= 0.3 is 18.3 Å². The Hall–Kier alpha value is -3.59. The number of nitrogens with zero attached hydrogens (tertiary/aromatic N) is 1. The minimum atomic E-state index is -2.18. The highest BCUT2D eigenvalue weighted by Crippen LogP contribution is 2.18. The normalized spacial score (nSPS) is 10.9. The highest BCUT2D eigenvalue weighted by Gasteiger charge is 2.53. The third-order valence-corrected chi connectivity index (χ3v) is 4.48. The Bertz CT molecular complexity index is 806. The molecule has 0 bridgehead atoms. The zero-order valence-corrected chi connectivity index (χ0v) is 16.9. The molecule has 1 amide bonds. The van der Waals surface area contributed by atoms with Crippen LogP contribution >= 0.6 is 0 Å². The summed E-state index contributed by atoms with van der Waals surface area (Å²) in [5.74, 6) is -1.98. The molecule has 0 aliphatic rings. The van der Waals surface area contributed by atoms with Crippen molar-refractivity contribution in [3.05, 3.63) is 59.7 Å². The van der Waals surface area contributed by atoms with Crippen LogP contribution in [0.4, 0.5) is 11.4 Å². The quantitative estimate of drug-likeness (QED) is 0.172. The summed E-state index contributed by atoms with van der Waals surface area (Å²) in [6.45, 7) is 1.37. The van der Waals surface area contributed by atoms with Crippen molar-refractivity contribution in [1.82, 2.24) is 10.2 Å².